The number of esters is 1. The second kappa shape index (κ2) is 8.60. The first-order valence-corrected chi connectivity index (χ1v) is 9.22. The summed E-state index contributed by atoms with van der Waals surface area (Å²) in [6.07, 6.45) is -1.15. The second-order valence-corrected chi connectivity index (χ2v) is 6.97. The highest BCUT2D eigenvalue weighted by molar-refractivity contribution is 7.89. The van der Waals surface area contributed by atoms with E-state index in [1.807, 2.05) is 0 Å². The van der Waals surface area contributed by atoms with E-state index >= 15 is 0 Å². The molecule has 2 aromatic carbocycles. The largest absolute Gasteiger partial charge is 0.479 e. The van der Waals surface area contributed by atoms with Crippen molar-refractivity contribution >= 4 is 27.6 Å². The lowest BCUT2D eigenvalue weighted by Gasteiger charge is -2.14. The molecule has 2 aromatic rings. The molecule has 2 rings (SSSR count). The van der Waals surface area contributed by atoms with Crippen molar-refractivity contribution in [3.8, 4) is 5.75 Å². The van der Waals surface area contributed by atoms with E-state index in [9.17, 15) is 22.4 Å². The van der Waals surface area contributed by atoms with Gasteiger partial charge in [-0.3, -0.25) is 4.79 Å². The minimum absolute atomic E-state index is 0.106. The molecule has 0 aliphatic rings. The van der Waals surface area contributed by atoms with Crippen LogP contribution < -0.4 is 15.2 Å². The van der Waals surface area contributed by atoms with E-state index in [1.165, 1.54) is 49.4 Å². The molecule has 27 heavy (non-hydrogen) atoms. The van der Waals surface area contributed by atoms with E-state index in [-0.39, 0.29) is 16.3 Å². The molecule has 0 saturated heterocycles. The van der Waals surface area contributed by atoms with Gasteiger partial charge in [-0.15, -0.1) is 0 Å². The first kappa shape index (κ1) is 20.3. The Balaban J connectivity index is 1.86. The molecular formula is C17H17FN2O6S. The first-order chi connectivity index (χ1) is 12.7. The van der Waals surface area contributed by atoms with E-state index in [1.54, 1.807) is 6.07 Å². The Morgan fingerprint density at radius 2 is 1.78 bits per heavy atom. The lowest BCUT2D eigenvalue weighted by Crippen LogP contribution is -2.31. The highest BCUT2D eigenvalue weighted by Crippen LogP contribution is 2.16. The van der Waals surface area contributed by atoms with Crippen molar-refractivity contribution in [2.24, 2.45) is 5.14 Å². The molecule has 0 aliphatic heterocycles. The molecule has 0 fully saturated rings. The Labute approximate surface area is 155 Å². The Morgan fingerprint density at radius 1 is 1.15 bits per heavy atom. The quantitative estimate of drug-likeness (QED) is 0.682. The van der Waals surface area contributed by atoms with Crippen molar-refractivity contribution in [1.82, 2.24) is 0 Å². The molecule has 0 spiro atoms. The molecule has 0 saturated carbocycles. The van der Waals surface area contributed by atoms with E-state index in [2.05, 4.69) is 5.32 Å². The standard InChI is InChI=1S/C17H17FN2O6S/c1-11(26-16(21)10-25-15-5-3-2-4-14(15)18)17(22)20-12-6-8-13(9-7-12)27(19,23)24/h2-9,11H,10H2,1H3,(H,20,22)(H2,19,23,24)/t11-/m1/s1. The van der Waals surface area contributed by atoms with Gasteiger partial charge < -0.3 is 14.8 Å². The van der Waals surface area contributed by atoms with Crippen LogP contribution in [-0.4, -0.2) is 33.0 Å². The minimum atomic E-state index is -3.84. The summed E-state index contributed by atoms with van der Waals surface area (Å²) in [5.41, 5.74) is 0.290. The molecule has 10 heteroatoms. The van der Waals surface area contributed by atoms with Crippen LogP contribution in [0.2, 0.25) is 0 Å². The fourth-order valence-electron chi connectivity index (χ4n) is 1.96. The van der Waals surface area contributed by atoms with Crippen LogP contribution in [0, 0.1) is 5.82 Å². The topological polar surface area (TPSA) is 125 Å². The summed E-state index contributed by atoms with van der Waals surface area (Å²) < 4.78 is 45.6. The van der Waals surface area contributed by atoms with Crippen molar-refractivity contribution in [2.45, 2.75) is 17.9 Å². The van der Waals surface area contributed by atoms with E-state index < -0.39 is 40.4 Å². The van der Waals surface area contributed by atoms with Gasteiger partial charge in [0.25, 0.3) is 5.91 Å². The Morgan fingerprint density at radius 3 is 2.37 bits per heavy atom. The Kier molecular flexibility index (Phi) is 6.48. The van der Waals surface area contributed by atoms with Crippen molar-refractivity contribution in [3.63, 3.8) is 0 Å². The van der Waals surface area contributed by atoms with Crippen LogP contribution in [0.1, 0.15) is 6.92 Å². The molecule has 0 bridgehead atoms. The van der Waals surface area contributed by atoms with Crippen LogP contribution >= 0.6 is 0 Å². The predicted octanol–water partition coefficient (Wildman–Crippen LogP) is 1.42. The summed E-state index contributed by atoms with van der Waals surface area (Å²) in [5, 5.41) is 7.44. The smallest absolute Gasteiger partial charge is 0.344 e. The maximum Gasteiger partial charge on any atom is 0.344 e. The van der Waals surface area contributed by atoms with Crippen molar-refractivity contribution in [3.05, 3.63) is 54.3 Å². The van der Waals surface area contributed by atoms with E-state index in [0.29, 0.717) is 0 Å². The van der Waals surface area contributed by atoms with Crippen LogP contribution in [0.3, 0.4) is 0 Å². The minimum Gasteiger partial charge on any atom is -0.479 e. The van der Waals surface area contributed by atoms with Gasteiger partial charge in [-0.05, 0) is 43.3 Å². The maximum atomic E-state index is 13.4. The molecule has 8 nitrogen and oxygen atoms in total. The van der Waals surface area contributed by atoms with Gasteiger partial charge in [-0.1, -0.05) is 12.1 Å². The summed E-state index contributed by atoms with van der Waals surface area (Å²) in [4.78, 5) is 23.6. The average molecular weight is 396 g/mol. The van der Waals surface area contributed by atoms with Gasteiger partial charge in [0, 0.05) is 5.69 Å². The van der Waals surface area contributed by atoms with Crippen molar-refractivity contribution in [1.29, 1.82) is 0 Å². The number of ether oxygens (including phenoxy) is 2. The van der Waals surface area contributed by atoms with Crippen LogP contribution in [0.4, 0.5) is 10.1 Å². The fourth-order valence-corrected chi connectivity index (χ4v) is 2.47. The van der Waals surface area contributed by atoms with E-state index in [0.717, 1.165) is 0 Å². The van der Waals surface area contributed by atoms with Crippen molar-refractivity contribution in [2.75, 3.05) is 11.9 Å². The predicted molar refractivity (Wildman–Crippen MR) is 93.9 cm³/mol. The summed E-state index contributed by atoms with van der Waals surface area (Å²) in [6, 6.07) is 10.7. The second-order valence-electron chi connectivity index (χ2n) is 5.41. The molecule has 144 valence electrons. The number of primary sulfonamides is 1. The van der Waals surface area contributed by atoms with Gasteiger partial charge in [-0.25, -0.2) is 22.7 Å². The Bertz CT molecular complexity index is 931. The van der Waals surface area contributed by atoms with Crippen molar-refractivity contribution < 1.29 is 31.9 Å². The zero-order valence-corrected chi connectivity index (χ0v) is 15.0. The average Bonchev–Trinajstić information content (AvgIpc) is 2.60. The SMILES string of the molecule is C[C@@H](OC(=O)COc1ccccc1F)C(=O)Nc1ccc(S(N)(=O)=O)cc1. The number of rotatable bonds is 7. The fraction of sp³-hybridized carbons (Fsp3) is 0.176. The summed E-state index contributed by atoms with van der Waals surface area (Å²) in [7, 11) is -3.84. The lowest BCUT2D eigenvalue weighted by molar-refractivity contribution is -0.155. The number of para-hydroxylation sites is 1. The number of hydrogen-bond acceptors (Lipinski definition) is 6. The Hall–Kier alpha value is -2.98. The van der Waals surface area contributed by atoms with Crippen LogP contribution in [0.5, 0.6) is 5.75 Å². The van der Waals surface area contributed by atoms with Gasteiger partial charge in [0.15, 0.2) is 24.3 Å². The highest BCUT2D eigenvalue weighted by atomic mass is 32.2. The zero-order valence-electron chi connectivity index (χ0n) is 14.2. The molecule has 0 unspecified atom stereocenters. The van der Waals surface area contributed by atoms with Crippen LogP contribution in [-0.2, 0) is 24.3 Å². The highest BCUT2D eigenvalue weighted by Gasteiger charge is 2.19. The third-order valence-corrected chi connectivity index (χ3v) is 4.24. The van der Waals surface area contributed by atoms with Gasteiger partial charge in [0.05, 0.1) is 4.90 Å². The number of sulfonamides is 1. The number of amides is 1. The summed E-state index contributed by atoms with van der Waals surface area (Å²) >= 11 is 0. The molecule has 1 amide bonds. The summed E-state index contributed by atoms with van der Waals surface area (Å²) in [5.74, 6) is -2.23. The summed E-state index contributed by atoms with van der Waals surface area (Å²) in [6.45, 7) is 0.774. The molecule has 0 heterocycles. The molecular weight excluding hydrogens is 379 g/mol. The third-order valence-electron chi connectivity index (χ3n) is 3.31. The molecule has 0 aromatic heterocycles. The first-order valence-electron chi connectivity index (χ1n) is 7.67. The lowest BCUT2D eigenvalue weighted by atomic mass is 10.3. The van der Waals surface area contributed by atoms with Crippen LogP contribution in [0.25, 0.3) is 0 Å². The number of nitrogens with one attached hydrogen (secondary N) is 1. The normalized spacial score (nSPS) is 12.1. The van der Waals surface area contributed by atoms with Crippen LogP contribution in [0.15, 0.2) is 53.4 Å². The van der Waals surface area contributed by atoms with Gasteiger partial charge in [-0.2, -0.15) is 0 Å². The zero-order chi connectivity index (χ0) is 20.0. The number of hydrogen-bond donors (Lipinski definition) is 2. The van der Waals surface area contributed by atoms with E-state index in [4.69, 9.17) is 14.6 Å². The van der Waals surface area contributed by atoms with Gasteiger partial charge in [0.1, 0.15) is 0 Å². The van der Waals surface area contributed by atoms with Gasteiger partial charge in [0.2, 0.25) is 10.0 Å². The third kappa shape index (κ3) is 6.04. The number of benzene rings is 2. The van der Waals surface area contributed by atoms with Gasteiger partial charge >= 0.3 is 5.97 Å². The maximum absolute atomic E-state index is 13.4. The monoisotopic (exact) mass is 396 g/mol. The molecule has 0 radical (unpaired) electrons. The molecule has 3 N–H and O–H groups in total. The number of anilines is 1. The molecule has 0 aliphatic carbocycles. The number of nitrogens with two attached hydrogens (primary N) is 1. The number of halogens is 1. The number of carbonyl (C=O) groups excluding carboxylic acids is 2. The molecule has 1 atom stereocenters. The number of carbonyl (C=O) groups is 2.